The van der Waals surface area contributed by atoms with E-state index in [0.717, 1.165) is 35.2 Å². The summed E-state index contributed by atoms with van der Waals surface area (Å²) in [4.78, 5) is 23.3. The Morgan fingerprint density at radius 2 is 1.88 bits per heavy atom. The molecule has 0 spiro atoms. The number of hydrogen-bond acceptors (Lipinski definition) is 6. The highest BCUT2D eigenvalue weighted by Gasteiger charge is 2.15. The molecule has 1 aliphatic rings. The first kappa shape index (κ1) is 16.5. The number of ketones is 1. The first-order chi connectivity index (χ1) is 12.7. The molecule has 0 saturated carbocycles. The average molecular weight is 349 g/mol. The molecule has 4 rings (SSSR count). The minimum Gasteiger partial charge on any atom is -0.452 e. The lowest BCUT2D eigenvalue weighted by Crippen LogP contribution is -2.37. The maximum atomic E-state index is 12.5. The zero-order valence-electron chi connectivity index (χ0n) is 14.5. The van der Waals surface area contributed by atoms with Gasteiger partial charge in [-0.15, -0.1) is 0 Å². The van der Waals surface area contributed by atoms with Crippen LogP contribution in [0.1, 0.15) is 21.7 Å². The lowest BCUT2D eigenvalue weighted by molar-refractivity contribution is 0.102. The summed E-state index contributed by atoms with van der Waals surface area (Å²) in [5, 5.41) is 0.961. The summed E-state index contributed by atoms with van der Waals surface area (Å²) in [7, 11) is 0. The largest absolute Gasteiger partial charge is 0.452 e. The fraction of sp³-hybridized carbons (Fsp3) is 0.250. The summed E-state index contributed by atoms with van der Waals surface area (Å²) < 4.78 is 11.0. The second-order valence-electron chi connectivity index (χ2n) is 6.17. The Morgan fingerprint density at radius 1 is 1.15 bits per heavy atom. The summed E-state index contributed by atoms with van der Waals surface area (Å²) in [5.74, 6) is 0.883. The molecular weight excluding hydrogens is 330 g/mol. The lowest BCUT2D eigenvalue weighted by atomic mass is 10.1. The Kier molecular flexibility index (Phi) is 4.50. The standard InChI is InChI=1S/C20H19N3O3/c1-14-16-4-2-3-5-18(16)26-19(14)17(24)7-6-15-12-21-20(22-13-15)23-8-10-25-11-9-23/h2-7,12-13H,8-11H2,1H3. The molecule has 3 heterocycles. The van der Waals surface area contributed by atoms with Crippen molar-refractivity contribution in [2.75, 3.05) is 31.2 Å². The van der Waals surface area contributed by atoms with E-state index in [2.05, 4.69) is 14.9 Å². The van der Waals surface area contributed by atoms with Gasteiger partial charge in [0.05, 0.1) is 13.2 Å². The van der Waals surface area contributed by atoms with E-state index < -0.39 is 0 Å². The van der Waals surface area contributed by atoms with E-state index in [1.54, 1.807) is 18.5 Å². The number of carbonyl (C=O) groups excluding carboxylic acids is 1. The van der Waals surface area contributed by atoms with Crippen LogP contribution < -0.4 is 4.90 Å². The molecule has 132 valence electrons. The van der Waals surface area contributed by atoms with Crippen LogP contribution in [0.2, 0.25) is 0 Å². The van der Waals surface area contributed by atoms with Crippen LogP contribution in [-0.2, 0) is 4.74 Å². The molecule has 1 aromatic carbocycles. The smallest absolute Gasteiger partial charge is 0.225 e. The SMILES string of the molecule is Cc1c(C(=O)C=Cc2cnc(N3CCOCC3)nc2)oc2ccccc12. The average Bonchev–Trinajstić information content (AvgIpc) is 3.04. The predicted molar refractivity (Wildman–Crippen MR) is 99.4 cm³/mol. The van der Waals surface area contributed by atoms with Crippen molar-refractivity contribution >= 4 is 28.8 Å². The number of ether oxygens (including phenoxy) is 1. The van der Waals surface area contributed by atoms with Gasteiger partial charge in [-0.3, -0.25) is 4.79 Å². The predicted octanol–water partition coefficient (Wildman–Crippen LogP) is 3.26. The highest BCUT2D eigenvalue weighted by molar-refractivity contribution is 6.08. The van der Waals surface area contributed by atoms with Gasteiger partial charge < -0.3 is 14.1 Å². The first-order valence-electron chi connectivity index (χ1n) is 8.57. The number of morpholine rings is 1. The van der Waals surface area contributed by atoms with Crippen LogP contribution in [0, 0.1) is 6.92 Å². The van der Waals surface area contributed by atoms with Crippen LogP contribution in [0.3, 0.4) is 0 Å². The minimum absolute atomic E-state index is 0.170. The summed E-state index contributed by atoms with van der Waals surface area (Å²) in [6, 6.07) is 7.64. The third-order valence-electron chi connectivity index (χ3n) is 4.45. The van der Waals surface area contributed by atoms with E-state index in [1.807, 2.05) is 31.2 Å². The Balaban J connectivity index is 1.50. The van der Waals surface area contributed by atoms with Crippen molar-refractivity contribution in [1.29, 1.82) is 0 Å². The van der Waals surface area contributed by atoms with Gasteiger partial charge in [-0.2, -0.15) is 0 Å². The number of para-hydroxylation sites is 1. The minimum atomic E-state index is -0.170. The molecule has 3 aromatic rings. The fourth-order valence-corrected chi connectivity index (χ4v) is 3.00. The van der Waals surface area contributed by atoms with Crippen molar-refractivity contribution < 1.29 is 13.9 Å². The number of anilines is 1. The van der Waals surface area contributed by atoms with Crippen molar-refractivity contribution in [2.45, 2.75) is 6.92 Å². The van der Waals surface area contributed by atoms with E-state index in [1.165, 1.54) is 6.08 Å². The Labute approximate surface area is 151 Å². The topological polar surface area (TPSA) is 68.5 Å². The quantitative estimate of drug-likeness (QED) is 0.532. The van der Waals surface area contributed by atoms with E-state index in [4.69, 9.17) is 9.15 Å². The molecule has 26 heavy (non-hydrogen) atoms. The molecule has 0 atom stereocenters. The lowest BCUT2D eigenvalue weighted by Gasteiger charge is -2.26. The molecule has 0 amide bonds. The number of hydrogen-bond donors (Lipinski definition) is 0. The van der Waals surface area contributed by atoms with Crippen LogP contribution in [0.5, 0.6) is 0 Å². The number of aryl methyl sites for hydroxylation is 1. The van der Waals surface area contributed by atoms with Gasteiger partial charge in [0.2, 0.25) is 11.7 Å². The zero-order chi connectivity index (χ0) is 17.9. The van der Waals surface area contributed by atoms with Crippen LogP contribution in [0.4, 0.5) is 5.95 Å². The Morgan fingerprint density at radius 3 is 2.62 bits per heavy atom. The summed E-state index contributed by atoms with van der Waals surface area (Å²) in [6.07, 6.45) is 6.63. The summed E-state index contributed by atoms with van der Waals surface area (Å²) in [6.45, 7) is 4.86. The normalized spacial score (nSPS) is 15.0. The highest BCUT2D eigenvalue weighted by Crippen LogP contribution is 2.25. The number of benzene rings is 1. The number of nitrogens with zero attached hydrogens (tertiary/aromatic N) is 3. The maximum Gasteiger partial charge on any atom is 0.225 e. The Bertz CT molecular complexity index is 954. The Hall–Kier alpha value is -2.99. The molecular formula is C20H19N3O3. The van der Waals surface area contributed by atoms with Gasteiger partial charge in [0.1, 0.15) is 5.58 Å². The van der Waals surface area contributed by atoms with Crippen LogP contribution in [0.15, 0.2) is 47.2 Å². The van der Waals surface area contributed by atoms with Gasteiger partial charge in [0.15, 0.2) is 5.76 Å². The van der Waals surface area contributed by atoms with Gasteiger partial charge in [0, 0.05) is 42.0 Å². The van der Waals surface area contributed by atoms with Gasteiger partial charge in [0.25, 0.3) is 0 Å². The number of fused-ring (bicyclic) bond motifs is 1. The van der Waals surface area contributed by atoms with Crippen molar-refractivity contribution in [3.05, 3.63) is 59.6 Å². The van der Waals surface area contributed by atoms with Crippen LogP contribution in [0.25, 0.3) is 17.0 Å². The van der Waals surface area contributed by atoms with Crippen molar-refractivity contribution in [3.63, 3.8) is 0 Å². The molecule has 0 N–H and O–H groups in total. The van der Waals surface area contributed by atoms with Crippen molar-refractivity contribution in [2.24, 2.45) is 0 Å². The van der Waals surface area contributed by atoms with Gasteiger partial charge in [-0.05, 0) is 25.1 Å². The fourth-order valence-electron chi connectivity index (χ4n) is 3.00. The molecule has 0 unspecified atom stereocenters. The van der Waals surface area contributed by atoms with Gasteiger partial charge in [-0.1, -0.05) is 18.2 Å². The number of aromatic nitrogens is 2. The van der Waals surface area contributed by atoms with Crippen LogP contribution >= 0.6 is 0 Å². The van der Waals surface area contributed by atoms with Crippen LogP contribution in [-0.4, -0.2) is 42.1 Å². The molecule has 1 aliphatic heterocycles. The molecule has 1 fully saturated rings. The van der Waals surface area contributed by atoms with E-state index >= 15 is 0 Å². The van der Waals surface area contributed by atoms with Crippen molar-refractivity contribution in [3.8, 4) is 0 Å². The number of carbonyl (C=O) groups is 1. The van der Waals surface area contributed by atoms with Crippen molar-refractivity contribution in [1.82, 2.24) is 9.97 Å². The van der Waals surface area contributed by atoms with E-state index in [9.17, 15) is 4.79 Å². The number of rotatable bonds is 4. The third kappa shape index (κ3) is 3.23. The zero-order valence-corrected chi connectivity index (χ0v) is 14.5. The van der Waals surface area contributed by atoms with Gasteiger partial charge in [-0.25, -0.2) is 9.97 Å². The molecule has 0 aliphatic carbocycles. The number of allylic oxidation sites excluding steroid dienone is 1. The monoisotopic (exact) mass is 349 g/mol. The second-order valence-corrected chi connectivity index (χ2v) is 6.17. The third-order valence-corrected chi connectivity index (χ3v) is 4.45. The first-order valence-corrected chi connectivity index (χ1v) is 8.57. The highest BCUT2D eigenvalue weighted by atomic mass is 16.5. The molecule has 6 heteroatoms. The summed E-state index contributed by atoms with van der Waals surface area (Å²) in [5.41, 5.74) is 2.35. The van der Waals surface area contributed by atoms with E-state index in [-0.39, 0.29) is 5.78 Å². The molecule has 6 nitrogen and oxygen atoms in total. The molecule has 0 radical (unpaired) electrons. The summed E-state index contributed by atoms with van der Waals surface area (Å²) >= 11 is 0. The number of furan rings is 1. The molecule has 1 saturated heterocycles. The van der Waals surface area contributed by atoms with E-state index in [0.29, 0.717) is 24.9 Å². The maximum absolute atomic E-state index is 12.5. The molecule has 2 aromatic heterocycles. The second kappa shape index (κ2) is 7.09. The van der Waals surface area contributed by atoms with Gasteiger partial charge >= 0.3 is 0 Å². The molecule has 0 bridgehead atoms.